The van der Waals surface area contributed by atoms with Gasteiger partial charge in [-0.15, -0.1) is 0 Å². The topological polar surface area (TPSA) is 75.9 Å². The molecule has 0 bridgehead atoms. The number of aromatic nitrogens is 3. The van der Waals surface area contributed by atoms with Crippen LogP contribution in [-0.2, 0) is 0 Å². The quantitative estimate of drug-likeness (QED) is 0.838. The van der Waals surface area contributed by atoms with Crippen molar-refractivity contribution < 1.29 is 4.42 Å². The fourth-order valence-electron chi connectivity index (χ4n) is 1.68. The second-order valence-electron chi connectivity index (χ2n) is 4.49. The third-order valence-corrected chi connectivity index (χ3v) is 3.45. The minimum absolute atomic E-state index is 0.0751. The normalized spacial score (nSPS) is 12.2. The molecular formula is C13H18BrN5O. The number of nitrogens with one attached hydrogen (secondary N) is 2. The van der Waals surface area contributed by atoms with Gasteiger partial charge in [-0.1, -0.05) is 6.92 Å². The molecule has 20 heavy (non-hydrogen) atoms. The van der Waals surface area contributed by atoms with Crippen molar-refractivity contribution in [2.45, 2.75) is 33.2 Å². The van der Waals surface area contributed by atoms with Gasteiger partial charge in [0, 0.05) is 6.54 Å². The fourth-order valence-corrected chi connectivity index (χ4v) is 2.14. The van der Waals surface area contributed by atoms with Gasteiger partial charge in [0.25, 0.3) is 0 Å². The summed E-state index contributed by atoms with van der Waals surface area (Å²) in [6, 6.07) is -0.0751. The predicted molar refractivity (Wildman–Crippen MR) is 81.8 cm³/mol. The number of halogens is 1. The molecule has 0 aromatic carbocycles. The highest BCUT2D eigenvalue weighted by Crippen LogP contribution is 2.29. The van der Waals surface area contributed by atoms with Crippen molar-refractivity contribution in [1.29, 1.82) is 0 Å². The summed E-state index contributed by atoms with van der Waals surface area (Å²) in [6.45, 7) is 6.81. The molecule has 2 aromatic heterocycles. The Morgan fingerprint density at radius 3 is 2.70 bits per heavy atom. The number of anilines is 2. The summed E-state index contributed by atoms with van der Waals surface area (Å²) in [4.78, 5) is 12.7. The summed E-state index contributed by atoms with van der Waals surface area (Å²) in [5.74, 6) is 2.92. The van der Waals surface area contributed by atoms with E-state index in [1.54, 1.807) is 6.20 Å². The van der Waals surface area contributed by atoms with E-state index in [1.807, 2.05) is 13.8 Å². The lowest BCUT2D eigenvalue weighted by molar-refractivity contribution is 0.453. The lowest BCUT2D eigenvalue weighted by atomic mass is 10.3. The Morgan fingerprint density at radius 1 is 1.30 bits per heavy atom. The molecule has 1 unspecified atom stereocenters. The highest BCUT2D eigenvalue weighted by molar-refractivity contribution is 9.10. The number of hydrogen-bond acceptors (Lipinski definition) is 6. The largest absolute Gasteiger partial charge is 0.444 e. The van der Waals surface area contributed by atoms with Gasteiger partial charge in [0.05, 0.1) is 6.20 Å². The first-order valence-electron chi connectivity index (χ1n) is 6.55. The molecule has 1 atom stereocenters. The Morgan fingerprint density at radius 2 is 2.05 bits per heavy atom. The average molecular weight is 340 g/mol. The SMILES string of the molecule is CCCNc1ncnc(NC(C)c2ncc(C)o2)c1Br. The van der Waals surface area contributed by atoms with Crippen molar-refractivity contribution in [3.05, 3.63) is 28.6 Å². The van der Waals surface area contributed by atoms with Crippen LogP contribution in [0.2, 0.25) is 0 Å². The molecule has 0 saturated carbocycles. The van der Waals surface area contributed by atoms with Gasteiger partial charge >= 0.3 is 0 Å². The molecule has 6 nitrogen and oxygen atoms in total. The van der Waals surface area contributed by atoms with Crippen molar-refractivity contribution in [2.75, 3.05) is 17.2 Å². The summed E-state index contributed by atoms with van der Waals surface area (Å²) < 4.78 is 6.31. The molecule has 0 saturated heterocycles. The maximum Gasteiger partial charge on any atom is 0.216 e. The van der Waals surface area contributed by atoms with Gasteiger partial charge in [0.2, 0.25) is 5.89 Å². The zero-order valence-corrected chi connectivity index (χ0v) is 13.4. The van der Waals surface area contributed by atoms with Gasteiger partial charge in [-0.2, -0.15) is 0 Å². The van der Waals surface area contributed by atoms with Crippen molar-refractivity contribution >= 4 is 27.6 Å². The highest BCUT2D eigenvalue weighted by atomic mass is 79.9. The Balaban J connectivity index is 2.12. The summed E-state index contributed by atoms with van der Waals surface area (Å²) in [6.07, 6.45) is 4.26. The van der Waals surface area contributed by atoms with Crippen LogP contribution in [0, 0.1) is 6.92 Å². The average Bonchev–Trinajstić information content (AvgIpc) is 2.86. The minimum atomic E-state index is -0.0751. The van der Waals surface area contributed by atoms with Crippen LogP contribution < -0.4 is 10.6 Å². The lowest BCUT2D eigenvalue weighted by Gasteiger charge is -2.14. The molecule has 2 heterocycles. The molecule has 0 amide bonds. The molecule has 108 valence electrons. The number of hydrogen-bond donors (Lipinski definition) is 2. The molecule has 0 aliphatic heterocycles. The highest BCUT2D eigenvalue weighted by Gasteiger charge is 2.15. The van der Waals surface area contributed by atoms with E-state index >= 15 is 0 Å². The molecular weight excluding hydrogens is 322 g/mol. The van der Waals surface area contributed by atoms with E-state index in [4.69, 9.17) is 4.42 Å². The van der Waals surface area contributed by atoms with Crippen LogP contribution in [0.3, 0.4) is 0 Å². The minimum Gasteiger partial charge on any atom is -0.444 e. The van der Waals surface area contributed by atoms with E-state index in [0.29, 0.717) is 11.7 Å². The zero-order chi connectivity index (χ0) is 14.5. The van der Waals surface area contributed by atoms with Gasteiger partial charge in [0.1, 0.15) is 34.2 Å². The Labute approximate surface area is 126 Å². The zero-order valence-electron chi connectivity index (χ0n) is 11.8. The van der Waals surface area contributed by atoms with Crippen LogP contribution in [0.5, 0.6) is 0 Å². The molecule has 0 fully saturated rings. The standard InChI is InChI=1S/C13H18BrN5O/c1-4-5-15-11-10(14)12(18-7-17-11)19-9(3)13-16-6-8(2)20-13/h6-7,9H,4-5H2,1-3H3,(H2,15,17,18,19). The predicted octanol–water partition coefficient (Wildman–Crippen LogP) is 3.53. The molecule has 2 rings (SSSR count). The monoisotopic (exact) mass is 339 g/mol. The lowest BCUT2D eigenvalue weighted by Crippen LogP contribution is -2.11. The van der Waals surface area contributed by atoms with Crippen molar-refractivity contribution in [3.63, 3.8) is 0 Å². The van der Waals surface area contributed by atoms with E-state index in [1.165, 1.54) is 6.33 Å². The molecule has 7 heteroatoms. The number of oxazole rings is 1. The number of aryl methyl sites for hydroxylation is 1. The summed E-state index contributed by atoms with van der Waals surface area (Å²) >= 11 is 3.52. The molecule has 0 aliphatic rings. The second kappa shape index (κ2) is 6.69. The van der Waals surface area contributed by atoms with E-state index in [2.05, 4.69) is 48.4 Å². The first-order valence-corrected chi connectivity index (χ1v) is 7.34. The van der Waals surface area contributed by atoms with Gasteiger partial charge < -0.3 is 15.1 Å². The van der Waals surface area contributed by atoms with Gasteiger partial charge in [-0.25, -0.2) is 15.0 Å². The number of nitrogens with zero attached hydrogens (tertiary/aromatic N) is 3. The van der Waals surface area contributed by atoms with Gasteiger partial charge in [0.15, 0.2) is 0 Å². The third-order valence-electron chi connectivity index (χ3n) is 2.69. The molecule has 2 N–H and O–H groups in total. The second-order valence-corrected chi connectivity index (χ2v) is 5.28. The Kier molecular flexibility index (Phi) is 4.94. The van der Waals surface area contributed by atoms with Crippen LogP contribution in [0.1, 0.15) is 38.0 Å². The van der Waals surface area contributed by atoms with Crippen LogP contribution >= 0.6 is 15.9 Å². The van der Waals surface area contributed by atoms with Crippen LogP contribution in [0.15, 0.2) is 21.4 Å². The first kappa shape index (κ1) is 14.8. The van der Waals surface area contributed by atoms with Gasteiger partial charge in [-0.05, 0) is 36.2 Å². The molecule has 0 radical (unpaired) electrons. The van der Waals surface area contributed by atoms with Gasteiger partial charge in [-0.3, -0.25) is 0 Å². The molecule has 0 aliphatic carbocycles. The summed E-state index contributed by atoms with van der Waals surface area (Å²) in [5.41, 5.74) is 0. The first-order chi connectivity index (χ1) is 9.61. The Bertz CT molecular complexity index is 572. The maximum absolute atomic E-state index is 5.50. The third kappa shape index (κ3) is 3.47. The van der Waals surface area contributed by atoms with Crippen LogP contribution in [0.4, 0.5) is 11.6 Å². The van der Waals surface area contributed by atoms with Crippen molar-refractivity contribution in [2.24, 2.45) is 0 Å². The summed E-state index contributed by atoms with van der Waals surface area (Å²) in [7, 11) is 0. The number of rotatable bonds is 6. The van der Waals surface area contributed by atoms with Crippen molar-refractivity contribution in [3.8, 4) is 0 Å². The smallest absolute Gasteiger partial charge is 0.216 e. The van der Waals surface area contributed by atoms with E-state index in [9.17, 15) is 0 Å². The van der Waals surface area contributed by atoms with Crippen LogP contribution in [-0.4, -0.2) is 21.5 Å². The Hall–Kier alpha value is -1.63. The van der Waals surface area contributed by atoms with Crippen molar-refractivity contribution in [1.82, 2.24) is 15.0 Å². The maximum atomic E-state index is 5.50. The fraction of sp³-hybridized carbons (Fsp3) is 0.462. The molecule has 0 spiro atoms. The van der Waals surface area contributed by atoms with E-state index in [-0.39, 0.29) is 6.04 Å². The molecule has 2 aromatic rings. The van der Waals surface area contributed by atoms with Crippen LogP contribution in [0.25, 0.3) is 0 Å². The van der Waals surface area contributed by atoms with E-state index in [0.717, 1.165) is 29.0 Å². The van der Waals surface area contributed by atoms with E-state index < -0.39 is 0 Å². The summed E-state index contributed by atoms with van der Waals surface area (Å²) in [5, 5.41) is 6.51.